The Kier molecular flexibility index (Phi) is 5.39. The summed E-state index contributed by atoms with van der Waals surface area (Å²) in [7, 11) is 1.61. The van der Waals surface area contributed by atoms with Gasteiger partial charge in [0, 0.05) is 17.8 Å². The van der Waals surface area contributed by atoms with E-state index in [4.69, 9.17) is 16.3 Å². The number of alkyl halides is 1. The van der Waals surface area contributed by atoms with Crippen molar-refractivity contribution in [2.24, 2.45) is 0 Å². The molecule has 2 aromatic rings. The molecule has 0 N–H and O–H groups in total. The van der Waals surface area contributed by atoms with Gasteiger partial charge in [-0.15, -0.1) is 11.6 Å². The van der Waals surface area contributed by atoms with Gasteiger partial charge in [-0.3, -0.25) is 9.48 Å². The van der Waals surface area contributed by atoms with Crippen molar-refractivity contribution in [3.63, 3.8) is 0 Å². The average Bonchev–Trinajstić information content (AvgIpc) is 2.93. The third-order valence-corrected chi connectivity index (χ3v) is 3.83. The molecule has 22 heavy (non-hydrogen) atoms. The molecule has 0 aliphatic heterocycles. The van der Waals surface area contributed by atoms with Gasteiger partial charge >= 0.3 is 0 Å². The van der Waals surface area contributed by atoms with Crippen molar-refractivity contribution in [3.8, 4) is 5.75 Å². The Bertz CT molecular complexity index is 705. The number of methoxy groups -OCH3 is 1. The number of aryl methyl sites for hydroxylation is 1. The smallest absolute Gasteiger partial charge is 0.189 e. The van der Waals surface area contributed by atoms with E-state index in [2.05, 4.69) is 5.10 Å². The normalized spacial score (nSPS) is 11.1. The molecule has 0 bridgehead atoms. The lowest BCUT2D eigenvalue weighted by Crippen LogP contribution is -2.01. The Morgan fingerprint density at radius 2 is 2.23 bits per heavy atom. The van der Waals surface area contributed by atoms with Crippen LogP contribution in [0.1, 0.15) is 34.1 Å². The molecule has 1 aromatic heterocycles. The molecule has 2 rings (SSSR count). The van der Waals surface area contributed by atoms with Crippen molar-refractivity contribution in [2.75, 3.05) is 7.11 Å². The topological polar surface area (TPSA) is 44.1 Å². The molecule has 0 spiro atoms. The molecule has 0 saturated heterocycles. The fourth-order valence-electron chi connectivity index (χ4n) is 2.28. The van der Waals surface area contributed by atoms with Gasteiger partial charge in [0.2, 0.25) is 0 Å². The van der Waals surface area contributed by atoms with Crippen LogP contribution < -0.4 is 4.74 Å². The van der Waals surface area contributed by atoms with Crippen LogP contribution in [0.2, 0.25) is 0 Å². The number of nitrogens with zero attached hydrogens (tertiary/aromatic N) is 2. The zero-order chi connectivity index (χ0) is 16.1. The zero-order valence-electron chi connectivity index (χ0n) is 13.0. The molecule has 0 saturated carbocycles. The van der Waals surface area contributed by atoms with E-state index >= 15 is 0 Å². The minimum absolute atomic E-state index is 0.0551. The molecule has 1 aromatic carbocycles. The number of halogens is 1. The van der Waals surface area contributed by atoms with Crippen LogP contribution in [0.25, 0.3) is 6.08 Å². The highest BCUT2D eigenvalue weighted by atomic mass is 35.5. The summed E-state index contributed by atoms with van der Waals surface area (Å²) in [5.74, 6) is 1.06. The number of carbonyl (C=O) groups excluding carboxylic acids is 1. The van der Waals surface area contributed by atoms with Crippen LogP contribution >= 0.6 is 11.6 Å². The lowest BCUT2D eigenvalue weighted by atomic mass is 10.1. The first-order chi connectivity index (χ1) is 10.6. The lowest BCUT2D eigenvalue weighted by Gasteiger charge is -2.06. The summed E-state index contributed by atoms with van der Waals surface area (Å²) in [5.41, 5.74) is 3.32. The van der Waals surface area contributed by atoms with E-state index in [0.717, 1.165) is 29.1 Å². The second-order valence-electron chi connectivity index (χ2n) is 4.86. The molecule has 0 fully saturated rings. The molecule has 0 aliphatic rings. The van der Waals surface area contributed by atoms with E-state index in [-0.39, 0.29) is 5.78 Å². The monoisotopic (exact) mass is 318 g/mol. The summed E-state index contributed by atoms with van der Waals surface area (Å²) in [4.78, 5) is 12.3. The van der Waals surface area contributed by atoms with Gasteiger partial charge in [-0.25, -0.2) is 0 Å². The number of benzene rings is 1. The van der Waals surface area contributed by atoms with Gasteiger partial charge in [0.25, 0.3) is 0 Å². The number of rotatable bonds is 6. The summed E-state index contributed by atoms with van der Waals surface area (Å²) in [6, 6.07) is 5.65. The van der Waals surface area contributed by atoms with Gasteiger partial charge in [0.15, 0.2) is 5.78 Å². The first-order valence-corrected chi connectivity index (χ1v) is 7.61. The fraction of sp³-hybridized carbons (Fsp3) is 0.294. The molecule has 116 valence electrons. The van der Waals surface area contributed by atoms with Crippen molar-refractivity contribution >= 4 is 23.5 Å². The van der Waals surface area contributed by atoms with Crippen molar-refractivity contribution in [2.45, 2.75) is 26.3 Å². The Labute approximate surface area is 135 Å². The van der Waals surface area contributed by atoms with Gasteiger partial charge in [-0.05, 0) is 37.6 Å². The minimum atomic E-state index is -0.0551. The van der Waals surface area contributed by atoms with Crippen LogP contribution in [0.5, 0.6) is 5.75 Å². The summed E-state index contributed by atoms with van der Waals surface area (Å²) in [6.45, 7) is 4.64. The van der Waals surface area contributed by atoms with Gasteiger partial charge < -0.3 is 4.74 Å². The molecule has 0 aliphatic carbocycles. The van der Waals surface area contributed by atoms with Crippen LogP contribution in [0.4, 0.5) is 0 Å². The van der Waals surface area contributed by atoms with Crippen LogP contribution in [-0.2, 0) is 12.4 Å². The Morgan fingerprint density at radius 3 is 2.82 bits per heavy atom. The van der Waals surface area contributed by atoms with Crippen molar-refractivity contribution in [1.82, 2.24) is 9.78 Å². The number of ether oxygens (including phenoxy) is 1. The highest BCUT2D eigenvalue weighted by Crippen LogP contribution is 2.22. The molecule has 0 unspecified atom stereocenters. The predicted octanol–water partition coefficient (Wildman–Crippen LogP) is 3.85. The van der Waals surface area contributed by atoms with Crippen LogP contribution in [0.15, 0.2) is 30.5 Å². The van der Waals surface area contributed by atoms with E-state index in [1.807, 2.05) is 32.0 Å². The van der Waals surface area contributed by atoms with E-state index in [0.29, 0.717) is 11.4 Å². The van der Waals surface area contributed by atoms with Gasteiger partial charge in [-0.1, -0.05) is 12.1 Å². The maximum Gasteiger partial charge on any atom is 0.189 e. The largest absolute Gasteiger partial charge is 0.496 e. The lowest BCUT2D eigenvalue weighted by molar-refractivity contribution is 0.104. The number of aromatic nitrogens is 2. The number of hydrogen-bond donors (Lipinski definition) is 0. The molecular weight excluding hydrogens is 300 g/mol. The van der Waals surface area contributed by atoms with Crippen molar-refractivity contribution < 1.29 is 9.53 Å². The van der Waals surface area contributed by atoms with Gasteiger partial charge in [-0.2, -0.15) is 5.10 Å². The number of ketones is 1. The number of hydrogen-bond acceptors (Lipinski definition) is 3. The second kappa shape index (κ2) is 7.27. The Hall–Kier alpha value is -2.07. The average molecular weight is 319 g/mol. The van der Waals surface area contributed by atoms with E-state index in [1.165, 1.54) is 0 Å². The molecule has 5 heteroatoms. The number of carbonyl (C=O) groups is 1. The number of allylic oxidation sites excluding steroid dienone is 1. The first-order valence-electron chi connectivity index (χ1n) is 7.08. The summed E-state index contributed by atoms with van der Waals surface area (Å²) < 4.78 is 7.04. The van der Waals surface area contributed by atoms with Crippen LogP contribution in [0.3, 0.4) is 0 Å². The van der Waals surface area contributed by atoms with Gasteiger partial charge in [0.1, 0.15) is 5.75 Å². The highest BCUT2D eigenvalue weighted by molar-refractivity contribution is 6.17. The first kappa shape index (κ1) is 16.3. The van der Waals surface area contributed by atoms with E-state index in [9.17, 15) is 4.79 Å². The third kappa shape index (κ3) is 3.39. The summed E-state index contributed by atoms with van der Waals surface area (Å²) >= 11 is 5.90. The third-order valence-electron chi connectivity index (χ3n) is 3.54. The van der Waals surface area contributed by atoms with Crippen molar-refractivity contribution in [3.05, 3.63) is 52.9 Å². The quantitative estimate of drug-likeness (QED) is 0.461. The Balaban J connectivity index is 2.20. The SMILES string of the molecule is CCn1ncc(C(=O)/C=C/c2ccc(OC)c(CCl)c2)c1C. The van der Waals surface area contributed by atoms with E-state index in [1.54, 1.807) is 30.1 Å². The maximum atomic E-state index is 12.3. The van der Waals surface area contributed by atoms with E-state index < -0.39 is 0 Å². The molecule has 0 radical (unpaired) electrons. The molecule has 0 amide bonds. The van der Waals surface area contributed by atoms with Gasteiger partial charge in [0.05, 0.1) is 24.8 Å². The summed E-state index contributed by atoms with van der Waals surface area (Å²) in [5, 5.41) is 4.19. The fourth-order valence-corrected chi connectivity index (χ4v) is 2.48. The molecule has 0 atom stereocenters. The Morgan fingerprint density at radius 1 is 1.45 bits per heavy atom. The van der Waals surface area contributed by atoms with Crippen molar-refractivity contribution in [1.29, 1.82) is 0 Å². The molecular formula is C17H19ClN2O2. The molecule has 4 nitrogen and oxygen atoms in total. The minimum Gasteiger partial charge on any atom is -0.496 e. The molecule has 1 heterocycles. The zero-order valence-corrected chi connectivity index (χ0v) is 13.7. The predicted molar refractivity (Wildman–Crippen MR) is 88.6 cm³/mol. The maximum absolute atomic E-state index is 12.3. The van der Waals surface area contributed by atoms with Crippen LogP contribution in [-0.4, -0.2) is 22.7 Å². The highest BCUT2D eigenvalue weighted by Gasteiger charge is 2.11. The standard InChI is InChI=1S/C17H19ClN2O2/c1-4-20-12(2)15(11-19-20)16(21)7-5-13-6-8-17(22-3)14(9-13)10-18/h5-9,11H,4,10H2,1-3H3/b7-5+. The van der Waals surface area contributed by atoms with Crippen LogP contribution in [0, 0.1) is 6.92 Å². The summed E-state index contributed by atoms with van der Waals surface area (Å²) in [6.07, 6.45) is 4.95. The second-order valence-corrected chi connectivity index (χ2v) is 5.13.